The Balaban J connectivity index is 1.71. The van der Waals surface area contributed by atoms with E-state index in [2.05, 4.69) is 22.4 Å². The second-order valence-electron chi connectivity index (χ2n) is 6.36. The van der Waals surface area contributed by atoms with E-state index in [1.807, 2.05) is 42.7 Å². The first-order chi connectivity index (χ1) is 13.5. The van der Waals surface area contributed by atoms with Gasteiger partial charge in [-0.15, -0.1) is 10.2 Å². The van der Waals surface area contributed by atoms with Gasteiger partial charge in [0.05, 0.1) is 5.25 Å². The number of amides is 1. The molecule has 0 radical (unpaired) electrons. The summed E-state index contributed by atoms with van der Waals surface area (Å²) in [5.74, 6) is 0.272. The molecular formula is C21H23FN4OS. The van der Waals surface area contributed by atoms with Crippen molar-refractivity contribution in [2.75, 3.05) is 5.32 Å². The van der Waals surface area contributed by atoms with Crippen molar-refractivity contribution in [1.29, 1.82) is 0 Å². The number of hydrogen-bond donors (Lipinski definition) is 1. The number of thioether (sulfide) groups is 1. The molecule has 5 nitrogen and oxygen atoms in total. The molecule has 1 aromatic heterocycles. The Morgan fingerprint density at radius 2 is 1.79 bits per heavy atom. The van der Waals surface area contributed by atoms with E-state index < -0.39 is 0 Å². The minimum Gasteiger partial charge on any atom is -0.325 e. The number of aryl methyl sites for hydroxylation is 1. The van der Waals surface area contributed by atoms with Gasteiger partial charge in [-0.05, 0) is 62.2 Å². The van der Waals surface area contributed by atoms with Crippen LogP contribution in [0.5, 0.6) is 0 Å². The predicted octanol–water partition coefficient (Wildman–Crippen LogP) is 4.79. The van der Waals surface area contributed by atoms with Gasteiger partial charge in [0.15, 0.2) is 11.0 Å². The highest BCUT2D eigenvalue weighted by Gasteiger charge is 2.20. The molecule has 0 saturated carbocycles. The van der Waals surface area contributed by atoms with E-state index in [1.54, 1.807) is 12.1 Å². The van der Waals surface area contributed by atoms with E-state index >= 15 is 0 Å². The smallest absolute Gasteiger partial charge is 0.237 e. The minimum atomic E-state index is -0.346. The lowest BCUT2D eigenvalue weighted by Gasteiger charge is -2.13. The van der Waals surface area contributed by atoms with E-state index in [9.17, 15) is 9.18 Å². The number of carbonyl (C=O) groups excluding carboxylic acids is 1. The Labute approximate surface area is 168 Å². The van der Waals surface area contributed by atoms with Gasteiger partial charge in [-0.3, -0.25) is 4.79 Å². The Hall–Kier alpha value is -2.67. The molecule has 3 rings (SSSR count). The van der Waals surface area contributed by atoms with Crippen molar-refractivity contribution < 1.29 is 9.18 Å². The van der Waals surface area contributed by atoms with Crippen LogP contribution in [0.25, 0.3) is 11.4 Å². The molecule has 0 saturated heterocycles. The maximum atomic E-state index is 13.2. The SMILES string of the molecule is CCc1ccc(NC(=O)C(C)Sc2nnc(-c3ccc(F)cc3)n2CC)cc1. The maximum Gasteiger partial charge on any atom is 0.237 e. The second-order valence-corrected chi connectivity index (χ2v) is 7.67. The minimum absolute atomic E-state index is 0.0942. The monoisotopic (exact) mass is 398 g/mol. The predicted molar refractivity (Wildman–Crippen MR) is 111 cm³/mol. The number of hydrogen-bond acceptors (Lipinski definition) is 4. The van der Waals surface area contributed by atoms with Crippen LogP contribution in [-0.2, 0) is 17.8 Å². The molecule has 1 N–H and O–H groups in total. The maximum absolute atomic E-state index is 13.2. The molecule has 0 aliphatic heterocycles. The van der Waals surface area contributed by atoms with E-state index in [0.29, 0.717) is 17.5 Å². The molecule has 3 aromatic rings. The Kier molecular flexibility index (Phi) is 6.46. The van der Waals surface area contributed by atoms with Crippen molar-refractivity contribution in [2.45, 2.75) is 44.1 Å². The van der Waals surface area contributed by atoms with Gasteiger partial charge in [0, 0.05) is 17.8 Å². The molecule has 7 heteroatoms. The molecular weight excluding hydrogens is 375 g/mol. The van der Waals surface area contributed by atoms with Gasteiger partial charge in [-0.2, -0.15) is 0 Å². The summed E-state index contributed by atoms with van der Waals surface area (Å²) in [5, 5.41) is 11.7. The zero-order chi connectivity index (χ0) is 20.1. The van der Waals surface area contributed by atoms with Crippen LogP contribution in [0.3, 0.4) is 0 Å². The van der Waals surface area contributed by atoms with Crippen LogP contribution in [0.4, 0.5) is 10.1 Å². The van der Waals surface area contributed by atoms with Crippen molar-refractivity contribution in [3.63, 3.8) is 0 Å². The number of carbonyl (C=O) groups is 1. The van der Waals surface area contributed by atoms with Gasteiger partial charge in [-0.25, -0.2) is 4.39 Å². The number of benzene rings is 2. The Morgan fingerprint density at radius 3 is 2.39 bits per heavy atom. The number of rotatable bonds is 7. The molecule has 28 heavy (non-hydrogen) atoms. The van der Waals surface area contributed by atoms with Gasteiger partial charge in [0.2, 0.25) is 5.91 Å². The van der Waals surface area contributed by atoms with Gasteiger partial charge in [0.25, 0.3) is 0 Å². The van der Waals surface area contributed by atoms with Crippen LogP contribution in [0, 0.1) is 5.82 Å². The topological polar surface area (TPSA) is 59.8 Å². The molecule has 0 aliphatic carbocycles. The number of nitrogens with zero attached hydrogens (tertiary/aromatic N) is 3. The quantitative estimate of drug-likeness (QED) is 0.582. The fourth-order valence-electron chi connectivity index (χ4n) is 2.75. The van der Waals surface area contributed by atoms with Gasteiger partial charge < -0.3 is 9.88 Å². The third-order valence-corrected chi connectivity index (χ3v) is 5.50. The molecule has 0 fully saturated rings. The second kappa shape index (κ2) is 9.01. The molecule has 146 valence electrons. The third-order valence-electron chi connectivity index (χ3n) is 4.42. The van der Waals surface area contributed by atoms with Gasteiger partial charge >= 0.3 is 0 Å². The summed E-state index contributed by atoms with van der Waals surface area (Å²) < 4.78 is 15.1. The highest BCUT2D eigenvalue weighted by Crippen LogP contribution is 2.27. The fraction of sp³-hybridized carbons (Fsp3) is 0.286. The largest absolute Gasteiger partial charge is 0.325 e. The van der Waals surface area contributed by atoms with Crippen molar-refractivity contribution in [2.24, 2.45) is 0 Å². The van der Waals surface area contributed by atoms with Crippen molar-refractivity contribution in [3.8, 4) is 11.4 Å². The van der Waals surface area contributed by atoms with Crippen LogP contribution >= 0.6 is 11.8 Å². The van der Waals surface area contributed by atoms with Crippen LogP contribution < -0.4 is 5.32 Å². The summed E-state index contributed by atoms with van der Waals surface area (Å²) in [5.41, 5.74) is 2.79. The number of anilines is 1. The van der Waals surface area contributed by atoms with Crippen LogP contribution in [0.2, 0.25) is 0 Å². The van der Waals surface area contributed by atoms with Crippen molar-refractivity contribution in [1.82, 2.24) is 14.8 Å². The number of aromatic nitrogens is 3. The van der Waals surface area contributed by atoms with Gasteiger partial charge in [0.1, 0.15) is 5.82 Å². The molecule has 1 unspecified atom stereocenters. The summed E-state index contributed by atoms with van der Waals surface area (Å²) in [6, 6.07) is 14.0. The average molecular weight is 399 g/mol. The van der Waals surface area contributed by atoms with E-state index in [4.69, 9.17) is 0 Å². The summed E-state index contributed by atoms with van der Waals surface area (Å²) in [6.07, 6.45) is 0.962. The van der Waals surface area contributed by atoms with Crippen molar-refractivity contribution in [3.05, 3.63) is 59.9 Å². The number of nitrogens with one attached hydrogen (secondary N) is 1. The zero-order valence-corrected chi connectivity index (χ0v) is 17.0. The molecule has 0 spiro atoms. The lowest BCUT2D eigenvalue weighted by molar-refractivity contribution is -0.115. The third kappa shape index (κ3) is 4.59. The highest BCUT2D eigenvalue weighted by atomic mass is 32.2. The molecule has 1 amide bonds. The first kappa shape index (κ1) is 20.1. The molecule has 1 heterocycles. The lowest BCUT2D eigenvalue weighted by atomic mass is 10.1. The summed E-state index contributed by atoms with van der Waals surface area (Å²) in [7, 11) is 0. The van der Waals surface area contributed by atoms with Crippen LogP contribution in [-0.4, -0.2) is 25.9 Å². The first-order valence-corrected chi connectivity index (χ1v) is 10.1. The van der Waals surface area contributed by atoms with Crippen LogP contribution in [0.15, 0.2) is 53.7 Å². The summed E-state index contributed by atoms with van der Waals surface area (Å²) in [4.78, 5) is 12.6. The summed E-state index contributed by atoms with van der Waals surface area (Å²) >= 11 is 1.35. The number of halogens is 1. The van der Waals surface area contributed by atoms with E-state index in [1.165, 1.54) is 29.5 Å². The lowest BCUT2D eigenvalue weighted by Crippen LogP contribution is -2.23. The molecule has 0 aliphatic rings. The first-order valence-electron chi connectivity index (χ1n) is 9.27. The standard InChI is InChI=1S/C21H23FN4OS/c1-4-15-6-12-18(13-7-15)23-20(27)14(3)28-21-25-24-19(26(21)5-2)16-8-10-17(22)11-9-16/h6-14H,4-5H2,1-3H3,(H,23,27). The van der Waals surface area contributed by atoms with E-state index in [0.717, 1.165) is 17.7 Å². The Morgan fingerprint density at radius 1 is 1.11 bits per heavy atom. The molecule has 1 atom stereocenters. The summed E-state index contributed by atoms with van der Waals surface area (Å²) in [6.45, 7) is 6.57. The zero-order valence-electron chi connectivity index (χ0n) is 16.1. The molecule has 2 aromatic carbocycles. The fourth-order valence-corrected chi connectivity index (χ4v) is 3.67. The van der Waals surface area contributed by atoms with Crippen LogP contribution in [0.1, 0.15) is 26.3 Å². The van der Waals surface area contributed by atoms with E-state index in [-0.39, 0.29) is 17.0 Å². The highest BCUT2D eigenvalue weighted by molar-refractivity contribution is 8.00. The normalized spacial score (nSPS) is 12.0. The van der Waals surface area contributed by atoms with Crippen molar-refractivity contribution >= 4 is 23.4 Å². The Bertz CT molecular complexity index is 938. The average Bonchev–Trinajstić information content (AvgIpc) is 3.11. The van der Waals surface area contributed by atoms with Gasteiger partial charge in [-0.1, -0.05) is 30.8 Å². The molecule has 0 bridgehead atoms.